The zero-order chi connectivity index (χ0) is 12.7. The van der Waals surface area contributed by atoms with Crippen LogP contribution in [0.25, 0.3) is 0 Å². The van der Waals surface area contributed by atoms with Gasteiger partial charge in [-0.15, -0.1) is 0 Å². The van der Waals surface area contributed by atoms with Crippen LogP contribution >= 0.6 is 0 Å². The fourth-order valence-electron chi connectivity index (χ4n) is 1.33. The van der Waals surface area contributed by atoms with E-state index in [9.17, 15) is 9.18 Å². The number of hydrogen-bond acceptors (Lipinski definition) is 2. The normalized spacial score (nSPS) is 11.4. The lowest BCUT2D eigenvalue weighted by Gasteiger charge is -2.07. The number of halogens is 1. The minimum absolute atomic E-state index is 0.106. The van der Waals surface area contributed by atoms with Crippen LogP contribution in [0.15, 0.2) is 36.2 Å². The van der Waals surface area contributed by atoms with E-state index < -0.39 is 0 Å². The number of carbonyl (C=O) groups excluding carboxylic acids is 1. The minimum Gasteiger partial charge on any atom is -0.489 e. The van der Waals surface area contributed by atoms with E-state index in [2.05, 4.69) is 0 Å². The molecule has 0 unspecified atom stereocenters. The first-order valence-electron chi connectivity index (χ1n) is 5.75. The summed E-state index contributed by atoms with van der Waals surface area (Å²) in [5.74, 6) is 0.750. The van der Waals surface area contributed by atoms with Gasteiger partial charge in [0.05, 0.1) is 6.33 Å². The van der Waals surface area contributed by atoms with Crippen LogP contribution < -0.4 is 4.74 Å². The number of rotatable bonds is 6. The molecule has 92 valence electrons. The first-order valence-corrected chi connectivity index (χ1v) is 5.75. The van der Waals surface area contributed by atoms with Crippen LogP contribution in [0.2, 0.25) is 0 Å². The maximum atomic E-state index is 12.3. The van der Waals surface area contributed by atoms with Gasteiger partial charge in [0.25, 0.3) is 0 Å². The van der Waals surface area contributed by atoms with Crippen molar-refractivity contribution in [2.24, 2.45) is 0 Å². The SMILES string of the molecule is CCC(=O)c1ccc(OC/C(=C/F)CC)cc1. The van der Waals surface area contributed by atoms with Crippen molar-refractivity contribution >= 4 is 5.78 Å². The molecule has 0 aromatic heterocycles. The van der Waals surface area contributed by atoms with Crippen LogP contribution in [0.3, 0.4) is 0 Å². The third-order valence-corrected chi connectivity index (χ3v) is 2.53. The van der Waals surface area contributed by atoms with Gasteiger partial charge in [0, 0.05) is 12.0 Å². The van der Waals surface area contributed by atoms with E-state index in [1.165, 1.54) is 0 Å². The van der Waals surface area contributed by atoms with Crippen LogP contribution in [0.1, 0.15) is 37.0 Å². The smallest absolute Gasteiger partial charge is 0.162 e. The van der Waals surface area contributed by atoms with Crippen LogP contribution in [0, 0.1) is 0 Å². The summed E-state index contributed by atoms with van der Waals surface area (Å²) >= 11 is 0. The fraction of sp³-hybridized carbons (Fsp3) is 0.357. The van der Waals surface area contributed by atoms with Gasteiger partial charge >= 0.3 is 0 Å². The predicted octanol–water partition coefficient (Wildman–Crippen LogP) is 3.92. The molecule has 0 fully saturated rings. The van der Waals surface area contributed by atoms with Crippen molar-refractivity contribution in [2.75, 3.05) is 6.61 Å². The zero-order valence-electron chi connectivity index (χ0n) is 10.2. The lowest BCUT2D eigenvalue weighted by atomic mass is 10.1. The molecule has 1 aromatic rings. The molecule has 0 N–H and O–H groups in total. The van der Waals surface area contributed by atoms with Gasteiger partial charge in [-0.2, -0.15) is 0 Å². The number of ether oxygens (including phenoxy) is 1. The average molecular weight is 236 g/mol. The average Bonchev–Trinajstić information content (AvgIpc) is 2.39. The van der Waals surface area contributed by atoms with Crippen molar-refractivity contribution in [3.05, 3.63) is 41.7 Å². The second-order valence-electron chi connectivity index (χ2n) is 3.71. The Bertz CT molecular complexity index is 393. The molecule has 0 atom stereocenters. The Kier molecular flexibility index (Phi) is 5.40. The van der Waals surface area contributed by atoms with Crippen molar-refractivity contribution in [1.82, 2.24) is 0 Å². The van der Waals surface area contributed by atoms with E-state index in [4.69, 9.17) is 4.74 Å². The summed E-state index contributed by atoms with van der Waals surface area (Å²) < 4.78 is 17.7. The first kappa shape index (κ1) is 13.4. The molecule has 3 heteroatoms. The molecule has 0 aliphatic rings. The lowest BCUT2D eigenvalue weighted by molar-refractivity contribution is 0.0988. The largest absolute Gasteiger partial charge is 0.489 e. The summed E-state index contributed by atoms with van der Waals surface area (Å²) in [5.41, 5.74) is 1.29. The maximum Gasteiger partial charge on any atom is 0.162 e. The third kappa shape index (κ3) is 4.02. The van der Waals surface area contributed by atoms with Crippen molar-refractivity contribution in [3.63, 3.8) is 0 Å². The number of benzene rings is 1. The number of Topliss-reactive ketones (excluding diaryl/α,β-unsaturated/α-hetero) is 1. The molecule has 1 rings (SSSR count). The fourth-order valence-corrected chi connectivity index (χ4v) is 1.33. The topological polar surface area (TPSA) is 26.3 Å². The van der Waals surface area contributed by atoms with Gasteiger partial charge < -0.3 is 4.74 Å². The van der Waals surface area contributed by atoms with Crippen LogP contribution in [-0.4, -0.2) is 12.4 Å². The Hall–Kier alpha value is -1.64. The van der Waals surface area contributed by atoms with Crippen LogP contribution in [0.5, 0.6) is 5.75 Å². The first-order chi connectivity index (χ1) is 8.21. The highest BCUT2D eigenvalue weighted by atomic mass is 19.1. The summed E-state index contributed by atoms with van der Waals surface area (Å²) in [6.07, 6.45) is 1.70. The van der Waals surface area contributed by atoms with Gasteiger partial charge in [0.15, 0.2) is 5.78 Å². The number of hydrogen-bond donors (Lipinski definition) is 0. The number of ketones is 1. The number of carbonyl (C=O) groups is 1. The van der Waals surface area contributed by atoms with E-state index in [-0.39, 0.29) is 12.4 Å². The molecule has 0 radical (unpaired) electrons. The summed E-state index contributed by atoms with van der Waals surface area (Å²) in [7, 11) is 0. The summed E-state index contributed by atoms with van der Waals surface area (Å²) in [4.78, 5) is 11.4. The quantitative estimate of drug-likeness (QED) is 0.700. The minimum atomic E-state index is 0.106. The van der Waals surface area contributed by atoms with Crippen LogP contribution in [-0.2, 0) is 0 Å². The molecule has 0 saturated carbocycles. The predicted molar refractivity (Wildman–Crippen MR) is 66.0 cm³/mol. The Balaban J connectivity index is 2.60. The maximum absolute atomic E-state index is 12.3. The third-order valence-electron chi connectivity index (χ3n) is 2.53. The Morgan fingerprint density at radius 1 is 1.24 bits per heavy atom. The van der Waals surface area contributed by atoms with Gasteiger partial charge in [-0.3, -0.25) is 4.79 Å². The molecule has 0 aliphatic heterocycles. The van der Waals surface area contributed by atoms with E-state index in [1.807, 2.05) is 13.8 Å². The van der Waals surface area contributed by atoms with Crippen molar-refractivity contribution in [3.8, 4) is 5.75 Å². The van der Waals surface area contributed by atoms with E-state index in [0.29, 0.717) is 36.1 Å². The molecule has 0 spiro atoms. The van der Waals surface area contributed by atoms with Crippen molar-refractivity contribution < 1.29 is 13.9 Å². The van der Waals surface area contributed by atoms with Gasteiger partial charge in [-0.25, -0.2) is 4.39 Å². The lowest BCUT2D eigenvalue weighted by Crippen LogP contribution is -2.01. The monoisotopic (exact) mass is 236 g/mol. The standard InChI is InChI=1S/C14H17FO2/c1-3-11(9-15)10-17-13-7-5-12(6-8-13)14(16)4-2/h5-9H,3-4,10H2,1-2H3/b11-9+. The summed E-state index contributed by atoms with van der Waals surface area (Å²) in [6.45, 7) is 3.94. The Labute approximate surface area is 101 Å². The van der Waals surface area contributed by atoms with Gasteiger partial charge in [-0.1, -0.05) is 13.8 Å². The second-order valence-corrected chi connectivity index (χ2v) is 3.71. The van der Waals surface area contributed by atoms with E-state index >= 15 is 0 Å². The van der Waals surface area contributed by atoms with E-state index in [0.717, 1.165) is 0 Å². The van der Waals surface area contributed by atoms with Crippen LogP contribution in [0.4, 0.5) is 4.39 Å². The highest BCUT2D eigenvalue weighted by Crippen LogP contribution is 2.15. The van der Waals surface area contributed by atoms with Crippen molar-refractivity contribution in [1.29, 1.82) is 0 Å². The Morgan fingerprint density at radius 3 is 2.35 bits per heavy atom. The van der Waals surface area contributed by atoms with Crippen molar-refractivity contribution in [2.45, 2.75) is 26.7 Å². The molecular weight excluding hydrogens is 219 g/mol. The van der Waals surface area contributed by atoms with E-state index in [1.54, 1.807) is 24.3 Å². The molecular formula is C14H17FO2. The molecule has 0 aliphatic carbocycles. The molecule has 1 aromatic carbocycles. The molecule has 17 heavy (non-hydrogen) atoms. The second kappa shape index (κ2) is 6.84. The van der Waals surface area contributed by atoms with Gasteiger partial charge in [0.2, 0.25) is 0 Å². The molecule has 0 amide bonds. The molecule has 0 heterocycles. The van der Waals surface area contributed by atoms with Gasteiger partial charge in [-0.05, 0) is 36.3 Å². The summed E-state index contributed by atoms with van der Waals surface area (Å²) in [5, 5.41) is 0. The Morgan fingerprint density at radius 2 is 1.88 bits per heavy atom. The highest BCUT2D eigenvalue weighted by Gasteiger charge is 2.03. The summed E-state index contributed by atoms with van der Waals surface area (Å²) in [6, 6.07) is 6.92. The molecule has 0 bridgehead atoms. The molecule has 0 saturated heterocycles. The highest BCUT2D eigenvalue weighted by molar-refractivity contribution is 5.95. The van der Waals surface area contributed by atoms with Gasteiger partial charge in [0.1, 0.15) is 12.4 Å². The molecule has 2 nitrogen and oxygen atoms in total. The zero-order valence-corrected chi connectivity index (χ0v) is 10.2.